The number of H-pyrrole nitrogens is 1. The molecule has 3 aromatic rings. The van der Waals surface area contributed by atoms with Crippen molar-refractivity contribution in [2.24, 2.45) is 0 Å². The minimum atomic E-state index is -0.308. The Balaban J connectivity index is 1.77. The smallest absolute Gasteiger partial charge is 0.256 e. The van der Waals surface area contributed by atoms with E-state index in [9.17, 15) is 15.0 Å². The summed E-state index contributed by atoms with van der Waals surface area (Å²) in [5.41, 5.74) is 3.37. The van der Waals surface area contributed by atoms with Crippen molar-refractivity contribution in [2.75, 3.05) is 18.0 Å². The molecule has 1 aromatic heterocycles. The highest BCUT2D eigenvalue weighted by Gasteiger charge is 2.18. The molecule has 4 rings (SSSR count). The molecule has 5 heteroatoms. The van der Waals surface area contributed by atoms with Gasteiger partial charge in [0.2, 0.25) is 0 Å². The van der Waals surface area contributed by atoms with E-state index in [4.69, 9.17) is 0 Å². The third-order valence-electron chi connectivity index (χ3n) is 5.09. The van der Waals surface area contributed by atoms with E-state index in [1.807, 2.05) is 37.3 Å². The number of pyridine rings is 1. The fraction of sp³-hybridized carbons (Fsp3) is 0.286. The van der Waals surface area contributed by atoms with Crippen molar-refractivity contribution in [1.82, 2.24) is 4.98 Å². The number of aromatic amines is 1. The highest BCUT2D eigenvalue weighted by molar-refractivity contribution is 5.88. The van der Waals surface area contributed by atoms with Gasteiger partial charge in [-0.05, 0) is 67.1 Å². The summed E-state index contributed by atoms with van der Waals surface area (Å²) in [5, 5.41) is 21.0. The van der Waals surface area contributed by atoms with Gasteiger partial charge in [-0.2, -0.15) is 0 Å². The highest BCUT2D eigenvalue weighted by atomic mass is 16.3. The van der Waals surface area contributed by atoms with Crippen LogP contribution in [0.4, 0.5) is 5.69 Å². The number of phenolic OH excluding ortho intramolecular Hbond substituents is 1. The predicted octanol–water partition coefficient (Wildman–Crippen LogP) is 3.17. The standard InChI is InChI=1S/C21H22N2O3/c1-13-9-16(24)6-7-18(13)20-10-14-4-5-15(11-19(14)21(26)22-20)23-8-2-3-17(25)12-23/h4-7,9-11,17,24-25H,2-3,8,12H2,1H3,(H,22,26). The molecule has 3 N–H and O–H groups in total. The second kappa shape index (κ2) is 6.50. The summed E-state index contributed by atoms with van der Waals surface area (Å²) in [6.07, 6.45) is 1.48. The number of rotatable bonds is 2. The van der Waals surface area contributed by atoms with Gasteiger partial charge in [-0.1, -0.05) is 6.07 Å². The van der Waals surface area contributed by atoms with Gasteiger partial charge in [0.1, 0.15) is 5.75 Å². The summed E-state index contributed by atoms with van der Waals surface area (Å²) in [7, 11) is 0. The summed E-state index contributed by atoms with van der Waals surface area (Å²) in [6, 6.07) is 12.9. The molecule has 0 amide bonds. The minimum Gasteiger partial charge on any atom is -0.508 e. The third-order valence-corrected chi connectivity index (χ3v) is 5.09. The highest BCUT2D eigenvalue weighted by Crippen LogP contribution is 2.28. The third kappa shape index (κ3) is 3.06. The van der Waals surface area contributed by atoms with Crippen molar-refractivity contribution >= 4 is 16.5 Å². The number of β-amino-alcohol motifs (C(OH)–C–C–N with tert-alkyl or cyclic N) is 1. The zero-order valence-corrected chi connectivity index (χ0v) is 14.7. The molecule has 1 unspecified atom stereocenters. The lowest BCUT2D eigenvalue weighted by atomic mass is 10.0. The zero-order valence-electron chi connectivity index (χ0n) is 14.7. The van der Waals surface area contributed by atoms with Crippen LogP contribution in [-0.2, 0) is 0 Å². The largest absolute Gasteiger partial charge is 0.508 e. The van der Waals surface area contributed by atoms with Crippen molar-refractivity contribution in [3.63, 3.8) is 0 Å². The molecule has 1 fully saturated rings. The lowest BCUT2D eigenvalue weighted by molar-refractivity contribution is 0.154. The maximum atomic E-state index is 12.7. The molecule has 1 aliphatic heterocycles. The van der Waals surface area contributed by atoms with Gasteiger partial charge in [-0.15, -0.1) is 0 Å². The van der Waals surface area contributed by atoms with E-state index in [0.717, 1.165) is 47.3 Å². The van der Waals surface area contributed by atoms with Crippen molar-refractivity contribution in [2.45, 2.75) is 25.9 Å². The van der Waals surface area contributed by atoms with Crippen LogP contribution in [0.15, 0.2) is 47.3 Å². The Kier molecular flexibility index (Phi) is 4.17. The summed E-state index contributed by atoms with van der Waals surface area (Å²) in [5.74, 6) is 0.211. The molecular formula is C21H22N2O3. The molecule has 2 aromatic carbocycles. The number of aryl methyl sites for hydroxylation is 1. The van der Waals surface area contributed by atoms with Gasteiger partial charge in [0, 0.05) is 35.4 Å². The van der Waals surface area contributed by atoms with E-state index in [0.29, 0.717) is 11.9 Å². The SMILES string of the molecule is Cc1cc(O)ccc1-c1cc2ccc(N3CCCC(O)C3)cc2c(=O)[nH]1. The fourth-order valence-electron chi connectivity index (χ4n) is 3.73. The summed E-state index contributed by atoms with van der Waals surface area (Å²) in [6.45, 7) is 3.40. The fourth-order valence-corrected chi connectivity index (χ4v) is 3.73. The Morgan fingerprint density at radius 1 is 1.15 bits per heavy atom. The number of piperidine rings is 1. The summed E-state index contributed by atoms with van der Waals surface area (Å²) < 4.78 is 0. The van der Waals surface area contributed by atoms with Crippen LogP contribution < -0.4 is 10.5 Å². The molecule has 134 valence electrons. The molecule has 1 atom stereocenters. The van der Waals surface area contributed by atoms with Gasteiger partial charge >= 0.3 is 0 Å². The Morgan fingerprint density at radius 3 is 2.77 bits per heavy atom. The number of hydrogen-bond acceptors (Lipinski definition) is 4. The van der Waals surface area contributed by atoms with Crippen LogP contribution >= 0.6 is 0 Å². The number of aromatic hydroxyl groups is 1. The van der Waals surface area contributed by atoms with Gasteiger partial charge < -0.3 is 20.1 Å². The van der Waals surface area contributed by atoms with Crippen LogP contribution in [0.5, 0.6) is 5.75 Å². The Labute approximate surface area is 151 Å². The monoisotopic (exact) mass is 350 g/mol. The van der Waals surface area contributed by atoms with Gasteiger partial charge in [0.05, 0.1) is 6.10 Å². The van der Waals surface area contributed by atoms with E-state index in [-0.39, 0.29) is 17.4 Å². The van der Waals surface area contributed by atoms with Gasteiger partial charge in [-0.25, -0.2) is 0 Å². The van der Waals surface area contributed by atoms with Gasteiger partial charge in [-0.3, -0.25) is 4.79 Å². The predicted molar refractivity (Wildman–Crippen MR) is 104 cm³/mol. The maximum absolute atomic E-state index is 12.7. The van der Waals surface area contributed by atoms with E-state index < -0.39 is 0 Å². The number of nitrogens with zero attached hydrogens (tertiary/aromatic N) is 1. The number of nitrogens with one attached hydrogen (secondary N) is 1. The number of benzene rings is 2. The number of aliphatic hydroxyl groups is 1. The van der Waals surface area contributed by atoms with E-state index >= 15 is 0 Å². The molecule has 5 nitrogen and oxygen atoms in total. The number of fused-ring (bicyclic) bond motifs is 1. The molecule has 1 saturated heterocycles. The number of phenols is 1. The molecule has 0 bridgehead atoms. The molecule has 0 radical (unpaired) electrons. The van der Waals surface area contributed by atoms with E-state index in [1.54, 1.807) is 12.1 Å². The van der Waals surface area contributed by atoms with Crippen molar-refractivity contribution in [3.8, 4) is 17.0 Å². The lowest BCUT2D eigenvalue weighted by Gasteiger charge is -2.32. The Hall–Kier alpha value is -2.79. The molecule has 1 aliphatic rings. The van der Waals surface area contributed by atoms with E-state index in [2.05, 4.69) is 9.88 Å². The van der Waals surface area contributed by atoms with Gasteiger partial charge in [0.15, 0.2) is 0 Å². The maximum Gasteiger partial charge on any atom is 0.256 e. The first-order valence-corrected chi connectivity index (χ1v) is 8.91. The van der Waals surface area contributed by atoms with Crippen LogP contribution in [0.25, 0.3) is 22.0 Å². The first-order chi connectivity index (χ1) is 12.5. The zero-order chi connectivity index (χ0) is 18.3. The number of anilines is 1. The molecule has 26 heavy (non-hydrogen) atoms. The van der Waals surface area contributed by atoms with Crippen LogP contribution in [-0.4, -0.2) is 34.4 Å². The topological polar surface area (TPSA) is 76.6 Å². The molecule has 0 saturated carbocycles. The second-order valence-electron chi connectivity index (χ2n) is 7.02. The second-order valence-corrected chi connectivity index (χ2v) is 7.02. The molecular weight excluding hydrogens is 328 g/mol. The van der Waals surface area contributed by atoms with Crippen LogP contribution in [0.3, 0.4) is 0 Å². The molecule has 2 heterocycles. The van der Waals surface area contributed by atoms with E-state index in [1.165, 1.54) is 0 Å². The van der Waals surface area contributed by atoms with Gasteiger partial charge in [0.25, 0.3) is 5.56 Å². The normalized spacial score (nSPS) is 17.6. The lowest BCUT2D eigenvalue weighted by Crippen LogP contribution is -2.38. The average Bonchev–Trinajstić information content (AvgIpc) is 2.61. The number of aromatic nitrogens is 1. The van der Waals surface area contributed by atoms with Crippen LogP contribution in [0, 0.1) is 6.92 Å². The quantitative estimate of drug-likeness (QED) is 0.663. The Morgan fingerprint density at radius 2 is 2.00 bits per heavy atom. The minimum absolute atomic E-state index is 0.135. The van der Waals surface area contributed by atoms with Crippen molar-refractivity contribution in [3.05, 3.63) is 58.4 Å². The molecule has 0 aliphatic carbocycles. The first-order valence-electron chi connectivity index (χ1n) is 8.91. The summed E-state index contributed by atoms with van der Waals surface area (Å²) in [4.78, 5) is 17.8. The summed E-state index contributed by atoms with van der Waals surface area (Å²) >= 11 is 0. The Bertz CT molecular complexity index is 1030. The number of aliphatic hydroxyl groups excluding tert-OH is 1. The van der Waals surface area contributed by atoms with Crippen molar-refractivity contribution in [1.29, 1.82) is 0 Å². The average molecular weight is 350 g/mol. The van der Waals surface area contributed by atoms with Crippen LogP contribution in [0.1, 0.15) is 18.4 Å². The van der Waals surface area contributed by atoms with Crippen molar-refractivity contribution < 1.29 is 10.2 Å². The number of hydrogen-bond donors (Lipinski definition) is 3. The molecule has 0 spiro atoms. The van der Waals surface area contributed by atoms with Crippen LogP contribution in [0.2, 0.25) is 0 Å². The first kappa shape index (κ1) is 16.7.